The monoisotopic (exact) mass is 149 g/mol. The second kappa shape index (κ2) is 3.76. The van der Waals surface area contributed by atoms with E-state index in [9.17, 15) is 0 Å². The lowest BCUT2D eigenvalue weighted by Crippen LogP contribution is -1.83. The molecule has 0 radical (unpaired) electrons. The zero-order chi connectivity index (χ0) is 8.10. The predicted molar refractivity (Wildman–Crippen MR) is 45.0 cm³/mol. The number of hydrogen-bond donors (Lipinski definition) is 0. The quantitative estimate of drug-likeness (QED) is 0.600. The van der Waals surface area contributed by atoms with Crippen molar-refractivity contribution >= 4 is 6.08 Å². The van der Waals surface area contributed by atoms with Crippen LogP contribution in [0.3, 0.4) is 0 Å². The fourth-order valence-corrected chi connectivity index (χ4v) is 0.814. The molecular weight excluding hydrogens is 138 g/mol. The molecule has 2 heteroatoms. The number of aryl methyl sites for hydroxylation is 1. The molecule has 0 bridgehead atoms. The molecule has 0 aliphatic rings. The summed E-state index contributed by atoms with van der Waals surface area (Å²) in [5.74, 6) is 0. The summed E-state index contributed by atoms with van der Waals surface area (Å²) in [4.78, 5) is 4.13. The third-order valence-corrected chi connectivity index (χ3v) is 1.43. The van der Waals surface area contributed by atoms with Crippen LogP contribution in [0.1, 0.15) is 11.3 Å². The van der Waals surface area contributed by atoms with Gasteiger partial charge in [-0.05, 0) is 24.6 Å². The summed E-state index contributed by atoms with van der Waals surface area (Å²) in [6.07, 6.45) is 5.31. The Morgan fingerprint density at radius 2 is 2.36 bits per heavy atom. The summed E-state index contributed by atoms with van der Waals surface area (Å²) >= 11 is 0. The fourth-order valence-electron chi connectivity index (χ4n) is 0.814. The van der Waals surface area contributed by atoms with Gasteiger partial charge in [-0.15, -0.1) is 0 Å². The van der Waals surface area contributed by atoms with Gasteiger partial charge in [0.25, 0.3) is 0 Å². The van der Waals surface area contributed by atoms with E-state index in [2.05, 4.69) is 4.98 Å². The van der Waals surface area contributed by atoms with Gasteiger partial charge in [-0.1, -0.05) is 6.07 Å². The number of methoxy groups -OCH3 is 1. The van der Waals surface area contributed by atoms with Gasteiger partial charge in [0.2, 0.25) is 0 Å². The molecule has 1 heterocycles. The molecule has 0 saturated heterocycles. The molecule has 58 valence electrons. The molecule has 0 atom stereocenters. The zero-order valence-electron chi connectivity index (χ0n) is 6.74. The van der Waals surface area contributed by atoms with E-state index in [0.717, 1.165) is 11.3 Å². The molecule has 2 nitrogen and oxygen atoms in total. The van der Waals surface area contributed by atoms with Crippen LogP contribution < -0.4 is 0 Å². The standard InChI is InChI=1S/C9H11NO/c1-8-9(5-7-11-2)4-3-6-10-8/h3-7H,1-2H3. The Balaban J connectivity index is 2.86. The number of pyridine rings is 1. The summed E-state index contributed by atoms with van der Waals surface area (Å²) in [6, 6.07) is 3.90. The Morgan fingerprint density at radius 3 is 3.00 bits per heavy atom. The first-order valence-corrected chi connectivity index (χ1v) is 3.45. The molecule has 0 spiro atoms. The van der Waals surface area contributed by atoms with E-state index in [1.807, 2.05) is 25.1 Å². The molecule has 0 amide bonds. The van der Waals surface area contributed by atoms with Crippen molar-refractivity contribution in [1.29, 1.82) is 0 Å². The van der Waals surface area contributed by atoms with E-state index in [4.69, 9.17) is 4.74 Å². The van der Waals surface area contributed by atoms with Gasteiger partial charge in [-0.3, -0.25) is 4.98 Å². The maximum atomic E-state index is 4.79. The van der Waals surface area contributed by atoms with Gasteiger partial charge in [-0.25, -0.2) is 0 Å². The summed E-state index contributed by atoms with van der Waals surface area (Å²) in [6.45, 7) is 1.97. The molecule has 1 aromatic rings. The maximum Gasteiger partial charge on any atom is 0.0831 e. The minimum atomic E-state index is 1.01. The first-order chi connectivity index (χ1) is 5.34. The van der Waals surface area contributed by atoms with Crippen LogP contribution in [0, 0.1) is 6.92 Å². The number of rotatable bonds is 2. The molecule has 0 unspecified atom stereocenters. The summed E-state index contributed by atoms with van der Waals surface area (Å²) in [5.41, 5.74) is 2.11. The average molecular weight is 149 g/mol. The molecule has 11 heavy (non-hydrogen) atoms. The van der Waals surface area contributed by atoms with E-state index in [-0.39, 0.29) is 0 Å². The third kappa shape index (κ3) is 2.08. The van der Waals surface area contributed by atoms with Gasteiger partial charge < -0.3 is 4.74 Å². The van der Waals surface area contributed by atoms with Crippen molar-refractivity contribution in [2.75, 3.05) is 7.11 Å². The highest BCUT2D eigenvalue weighted by Gasteiger charge is 1.90. The molecule has 0 fully saturated rings. The van der Waals surface area contributed by atoms with Crippen LogP contribution in [0.25, 0.3) is 6.08 Å². The number of nitrogens with zero attached hydrogens (tertiary/aromatic N) is 1. The normalized spacial score (nSPS) is 10.4. The Morgan fingerprint density at radius 1 is 1.55 bits per heavy atom. The van der Waals surface area contributed by atoms with Crippen LogP contribution in [-0.4, -0.2) is 12.1 Å². The van der Waals surface area contributed by atoms with Gasteiger partial charge in [0.05, 0.1) is 13.4 Å². The summed E-state index contributed by atoms with van der Waals surface area (Å²) in [5, 5.41) is 0. The van der Waals surface area contributed by atoms with Crippen LogP contribution in [0.5, 0.6) is 0 Å². The highest BCUT2D eigenvalue weighted by Crippen LogP contribution is 2.05. The first-order valence-electron chi connectivity index (χ1n) is 3.45. The van der Waals surface area contributed by atoms with Crippen molar-refractivity contribution < 1.29 is 4.74 Å². The number of ether oxygens (including phenoxy) is 1. The highest BCUT2D eigenvalue weighted by atomic mass is 16.5. The third-order valence-electron chi connectivity index (χ3n) is 1.43. The van der Waals surface area contributed by atoms with Crippen molar-refractivity contribution in [2.45, 2.75) is 6.92 Å². The Labute approximate surface area is 66.5 Å². The van der Waals surface area contributed by atoms with E-state index in [1.54, 1.807) is 19.6 Å². The maximum absolute atomic E-state index is 4.79. The predicted octanol–water partition coefficient (Wildman–Crippen LogP) is 2.01. The van der Waals surface area contributed by atoms with E-state index in [0.29, 0.717) is 0 Å². The fraction of sp³-hybridized carbons (Fsp3) is 0.222. The van der Waals surface area contributed by atoms with Crippen molar-refractivity contribution in [3.63, 3.8) is 0 Å². The summed E-state index contributed by atoms with van der Waals surface area (Å²) in [7, 11) is 1.63. The van der Waals surface area contributed by atoms with Gasteiger partial charge in [0.15, 0.2) is 0 Å². The van der Waals surface area contributed by atoms with Crippen molar-refractivity contribution in [3.05, 3.63) is 35.8 Å². The van der Waals surface area contributed by atoms with E-state index < -0.39 is 0 Å². The largest absolute Gasteiger partial charge is 0.504 e. The summed E-state index contributed by atoms with van der Waals surface area (Å²) < 4.78 is 4.79. The molecule has 1 aromatic heterocycles. The molecule has 0 saturated carbocycles. The zero-order valence-corrected chi connectivity index (χ0v) is 6.74. The lowest BCUT2D eigenvalue weighted by atomic mass is 10.2. The lowest BCUT2D eigenvalue weighted by Gasteiger charge is -1.96. The number of aromatic nitrogens is 1. The molecule has 1 rings (SSSR count). The minimum Gasteiger partial charge on any atom is -0.504 e. The van der Waals surface area contributed by atoms with Crippen molar-refractivity contribution in [2.24, 2.45) is 0 Å². The Kier molecular flexibility index (Phi) is 2.66. The highest BCUT2D eigenvalue weighted by molar-refractivity contribution is 5.49. The first kappa shape index (κ1) is 7.79. The van der Waals surface area contributed by atoms with Gasteiger partial charge in [0.1, 0.15) is 0 Å². The molecule has 0 N–H and O–H groups in total. The SMILES string of the molecule is COC=Cc1cccnc1C. The van der Waals surface area contributed by atoms with Gasteiger partial charge in [0, 0.05) is 11.9 Å². The van der Waals surface area contributed by atoms with Crippen LogP contribution in [0.15, 0.2) is 24.6 Å². The van der Waals surface area contributed by atoms with Crippen LogP contribution in [-0.2, 0) is 4.74 Å². The second-order valence-electron chi connectivity index (χ2n) is 2.22. The lowest BCUT2D eigenvalue weighted by molar-refractivity contribution is 0.341. The Bertz CT molecular complexity index is 255. The van der Waals surface area contributed by atoms with Crippen LogP contribution in [0.4, 0.5) is 0 Å². The van der Waals surface area contributed by atoms with E-state index >= 15 is 0 Å². The second-order valence-corrected chi connectivity index (χ2v) is 2.22. The smallest absolute Gasteiger partial charge is 0.0831 e. The Hall–Kier alpha value is -1.31. The molecule has 0 aliphatic carbocycles. The minimum absolute atomic E-state index is 1.01. The van der Waals surface area contributed by atoms with Gasteiger partial charge in [-0.2, -0.15) is 0 Å². The number of hydrogen-bond acceptors (Lipinski definition) is 2. The molecule has 0 aliphatic heterocycles. The molecule has 0 aromatic carbocycles. The average Bonchev–Trinajstić information content (AvgIpc) is 2.03. The topological polar surface area (TPSA) is 22.1 Å². The van der Waals surface area contributed by atoms with Crippen molar-refractivity contribution in [1.82, 2.24) is 4.98 Å². The molecular formula is C9H11NO. The van der Waals surface area contributed by atoms with Crippen LogP contribution in [0.2, 0.25) is 0 Å². The van der Waals surface area contributed by atoms with E-state index in [1.165, 1.54) is 0 Å². The van der Waals surface area contributed by atoms with Crippen molar-refractivity contribution in [3.8, 4) is 0 Å². The van der Waals surface area contributed by atoms with Gasteiger partial charge >= 0.3 is 0 Å². The van der Waals surface area contributed by atoms with Crippen LogP contribution >= 0.6 is 0 Å².